The van der Waals surface area contributed by atoms with Gasteiger partial charge in [0.15, 0.2) is 5.82 Å². The van der Waals surface area contributed by atoms with Crippen LogP contribution in [0, 0.1) is 13.8 Å². The lowest BCUT2D eigenvalue weighted by Gasteiger charge is -2.14. The Balaban J connectivity index is 1.62. The minimum atomic E-state index is -4.59. The van der Waals surface area contributed by atoms with Crippen molar-refractivity contribution < 1.29 is 22.7 Å². The van der Waals surface area contributed by atoms with E-state index >= 15 is 0 Å². The Morgan fingerprint density at radius 1 is 1.05 bits per heavy atom. The molecular formula is C26H25F3N6O2. The fraction of sp³-hybridized carbons (Fsp3) is 0.231. The molecule has 0 bridgehead atoms. The SMILES string of the molecule is CCc1cc(-n2nc(C)cc2Nc2cc(C(=O)Nc3cc(OC)cc(C(F)(F)F)c3)ccc2C)ncn1. The van der Waals surface area contributed by atoms with Crippen LogP contribution in [0.4, 0.5) is 30.4 Å². The third kappa shape index (κ3) is 5.88. The molecule has 0 unspecified atom stereocenters. The smallest absolute Gasteiger partial charge is 0.416 e. The fourth-order valence-electron chi connectivity index (χ4n) is 3.65. The first-order chi connectivity index (χ1) is 17.6. The van der Waals surface area contributed by atoms with Crippen LogP contribution in [0.2, 0.25) is 0 Å². The number of benzene rings is 2. The Morgan fingerprint density at radius 2 is 1.84 bits per heavy atom. The van der Waals surface area contributed by atoms with E-state index in [2.05, 4.69) is 25.7 Å². The summed E-state index contributed by atoms with van der Waals surface area (Å²) in [5.74, 6) is 0.627. The highest BCUT2D eigenvalue weighted by Crippen LogP contribution is 2.34. The average Bonchev–Trinajstić information content (AvgIpc) is 3.24. The number of halogens is 3. The van der Waals surface area contributed by atoms with Crippen LogP contribution in [-0.4, -0.2) is 32.8 Å². The number of hydrogen-bond acceptors (Lipinski definition) is 6. The van der Waals surface area contributed by atoms with E-state index in [0.29, 0.717) is 17.3 Å². The number of amides is 1. The maximum Gasteiger partial charge on any atom is 0.416 e. The van der Waals surface area contributed by atoms with Crippen LogP contribution in [0.25, 0.3) is 5.82 Å². The van der Waals surface area contributed by atoms with Gasteiger partial charge in [-0.3, -0.25) is 4.79 Å². The Hall–Kier alpha value is -4.41. The van der Waals surface area contributed by atoms with Gasteiger partial charge in [0.2, 0.25) is 0 Å². The molecule has 0 atom stereocenters. The van der Waals surface area contributed by atoms with Gasteiger partial charge in [-0.1, -0.05) is 13.0 Å². The second-order valence-electron chi connectivity index (χ2n) is 8.36. The van der Waals surface area contributed by atoms with E-state index < -0.39 is 17.6 Å². The normalized spacial score (nSPS) is 11.3. The molecular weight excluding hydrogens is 485 g/mol. The van der Waals surface area contributed by atoms with Crippen molar-refractivity contribution >= 4 is 23.1 Å². The molecule has 0 spiro atoms. The minimum Gasteiger partial charge on any atom is -0.497 e. The number of ether oxygens (including phenoxy) is 1. The molecule has 37 heavy (non-hydrogen) atoms. The zero-order chi connectivity index (χ0) is 26.7. The van der Waals surface area contributed by atoms with Gasteiger partial charge in [0, 0.05) is 40.8 Å². The maximum absolute atomic E-state index is 13.3. The van der Waals surface area contributed by atoms with Crippen molar-refractivity contribution in [2.45, 2.75) is 33.4 Å². The number of rotatable bonds is 7. The highest BCUT2D eigenvalue weighted by Gasteiger charge is 2.31. The molecule has 0 saturated heterocycles. The highest BCUT2D eigenvalue weighted by atomic mass is 19.4. The molecule has 4 aromatic rings. The van der Waals surface area contributed by atoms with Gasteiger partial charge in [-0.25, -0.2) is 9.97 Å². The molecule has 2 heterocycles. The monoisotopic (exact) mass is 510 g/mol. The third-order valence-electron chi connectivity index (χ3n) is 5.61. The second kappa shape index (κ2) is 10.3. The van der Waals surface area contributed by atoms with Gasteiger partial charge in [0.1, 0.15) is 17.9 Å². The van der Waals surface area contributed by atoms with E-state index in [1.54, 1.807) is 22.9 Å². The van der Waals surface area contributed by atoms with Crippen LogP contribution in [0.5, 0.6) is 5.75 Å². The van der Waals surface area contributed by atoms with E-state index in [9.17, 15) is 18.0 Å². The molecule has 0 radical (unpaired) electrons. The van der Waals surface area contributed by atoms with Gasteiger partial charge in [-0.15, -0.1) is 0 Å². The molecule has 0 aliphatic carbocycles. The van der Waals surface area contributed by atoms with E-state index in [4.69, 9.17) is 4.74 Å². The highest BCUT2D eigenvalue weighted by molar-refractivity contribution is 6.05. The molecule has 0 saturated carbocycles. The van der Waals surface area contributed by atoms with Crippen LogP contribution in [-0.2, 0) is 12.6 Å². The molecule has 0 aliphatic heterocycles. The molecule has 0 aliphatic rings. The maximum atomic E-state index is 13.3. The number of aryl methyl sites for hydroxylation is 3. The summed E-state index contributed by atoms with van der Waals surface area (Å²) in [5, 5.41) is 10.3. The van der Waals surface area contributed by atoms with Gasteiger partial charge < -0.3 is 15.4 Å². The number of alkyl halides is 3. The van der Waals surface area contributed by atoms with Crippen molar-refractivity contribution in [2.75, 3.05) is 17.7 Å². The van der Waals surface area contributed by atoms with Gasteiger partial charge in [-0.05, 0) is 50.1 Å². The molecule has 192 valence electrons. The van der Waals surface area contributed by atoms with Gasteiger partial charge in [0.05, 0.1) is 18.4 Å². The first-order valence-corrected chi connectivity index (χ1v) is 11.4. The Morgan fingerprint density at radius 3 is 2.54 bits per heavy atom. The Bertz CT molecular complexity index is 1450. The number of hydrogen-bond donors (Lipinski definition) is 2. The summed E-state index contributed by atoms with van der Waals surface area (Å²) in [7, 11) is 1.26. The molecule has 0 fully saturated rings. The van der Waals surface area contributed by atoms with Gasteiger partial charge >= 0.3 is 6.18 Å². The number of carbonyl (C=O) groups excluding carboxylic acids is 1. The summed E-state index contributed by atoms with van der Waals surface area (Å²) < 4.78 is 46.4. The lowest BCUT2D eigenvalue weighted by molar-refractivity contribution is -0.137. The summed E-state index contributed by atoms with van der Waals surface area (Å²) in [6, 6.07) is 11.7. The molecule has 2 N–H and O–H groups in total. The lowest BCUT2D eigenvalue weighted by Crippen LogP contribution is -2.14. The van der Waals surface area contributed by atoms with E-state index in [-0.39, 0.29) is 17.0 Å². The first-order valence-electron chi connectivity index (χ1n) is 11.4. The summed E-state index contributed by atoms with van der Waals surface area (Å²) in [6.45, 7) is 5.72. The van der Waals surface area contributed by atoms with Gasteiger partial charge in [0.25, 0.3) is 5.91 Å². The largest absolute Gasteiger partial charge is 0.497 e. The topological polar surface area (TPSA) is 94.0 Å². The summed E-state index contributed by atoms with van der Waals surface area (Å²) in [4.78, 5) is 21.5. The van der Waals surface area contributed by atoms with E-state index in [0.717, 1.165) is 35.5 Å². The third-order valence-corrected chi connectivity index (χ3v) is 5.61. The zero-order valence-electron chi connectivity index (χ0n) is 20.6. The Kier molecular flexibility index (Phi) is 7.14. The number of anilines is 3. The van der Waals surface area contributed by atoms with Crippen molar-refractivity contribution in [2.24, 2.45) is 0 Å². The van der Waals surface area contributed by atoms with Crippen molar-refractivity contribution in [1.29, 1.82) is 0 Å². The fourth-order valence-corrected chi connectivity index (χ4v) is 3.65. The average molecular weight is 511 g/mol. The van der Waals surface area contributed by atoms with E-state index in [1.807, 2.05) is 32.9 Å². The van der Waals surface area contributed by atoms with Crippen LogP contribution >= 0.6 is 0 Å². The quantitative estimate of drug-likeness (QED) is 0.323. The molecule has 1 amide bonds. The van der Waals surface area contributed by atoms with Crippen LogP contribution < -0.4 is 15.4 Å². The van der Waals surface area contributed by atoms with Crippen LogP contribution in [0.1, 0.15) is 39.8 Å². The first kappa shape index (κ1) is 25.7. The number of aromatic nitrogens is 4. The number of nitrogens with zero attached hydrogens (tertiary/aromatic N) is 4. The second-order valence-corrected chi connectivity index (χ2v) is 8.36. The standard InChI is InChI=1S/C26H25F3N6O2/c1-5-19-13-23(31-14-30-19)35-24(8-16(3)34-35)33-22-9-17(7-6-15(22)2)25(36)32-20-10-18(26(27,28)29)11-21(12-20)37-4/h6-14,33H,5H2,1-4H3,(H,32,36). The summed E-state index contributed by atoms with van der Waals surface area (Å²) >= 11 is 0. The van der Waals surface area contributed by atoms with Crippen LogP contribution in [0.15, 0.2) is 54.9 Å². The van der Waals surface area contributed by atoms with Crippen molar-refractivity contribution in [3.8, 4) is 11.6 Å². The van der Waals surface area contributed by atoms with Gasteiger partial charge in [-0.2, -0.15) is 23.0 Å². The molecule has 11 heteroatoms. The lowest BCUT2D eigenvalue weighted by atomic mass is 10.1. The zero-order valence-corrected chi connectivity index (χ0v) is 20.6. The predicted octanol–water partition coefficient (Wildman–Crippen LogP) is 5.86. The predicted molar refractivity (Wildman–Crippen MR) is 134 cm³/mol. The number of carbonyl (C=O) groups is 1. The minimum absolute atomic E-state index is 0.0176. The summed E-state index contributed by atoms with van der Waals surface area (Å²) in [6.07, 6.45) is -2.36. The molecule has 8 nitrogen and oxygen atoms in total. The van der Waals surface area contributed by atoms with Crippen molar-refractivity contribution in [1.82, 2.24) is 19.7 Å². The molecule has 2 aromatic heterocycles. The Labute approximate surface area is 211 Å². The van der Waals surface area contributed by atoms with Crippen molar-refractivity contribution in [3.63, 3.8) is 0 Å². The molecule has 2 aromatic carbocycles. The van der Waals surface area contributed by atoms with E-state index in [1.165, 1.54) is 19.5 Å². The summed E-state index contributed by atoms with van der Waals surface area (Å²) in [5.41, 5.74) is 2.39. The molecule has 4 rings (SSSR count). The number of methoxy groups -OCH3 is 1. The number of nitrogens with one attached hydrogen (secondary N) is 2. The van der Waals surface area contributed by atoms with Crippen LogP contribution in [0.3, 0.4) is 0 Å². The van der Waals surface area contributed by atoms with Crippen molar-refractivity contribution in [3.05, 3.63) is 82.9 Å².